The smallest absolute Gasteiger partial charge is 0.225 e. The number of aromatic nitrogens is 1. The lowest BCUT2D eigenvalue weighted by molar-refractivity contribution is -0.125. The van der Waals surface area contributed by atoms with Crippen LogP contribution >= 0.6 is 0 Å². The van der Waals surface area contributed by atoms with Crippen LogP contribution in [0.3, 0.4) is 0 Å². The highest BCUT2D eigenvalue weighted by atomic mass is 16.4. The lowest BCUT2D eigenvalue weighted by Crippen LogP contribution is -2.37. The van der Waals surface area contributed by atoms with E-state index in [0.29, 0.717) is 24.5 Å². The first kappa shape index (κ1) is 11.7. The minimum Gasteiger partial charge on any atom is -0.444 e. The number of amides is 1. The van der Waals surface area contributed by atoms with E-state index >= 15 is 0 Å². The van der Waals surface area contributed by atoms with E-state index in [2.05, 4.69) is 15.6 Å². The molecule has 3 heterocycles. The third kappa shape index (κ3) is 2.14. The van der Waals surface area contributed by atoms with Crippen molar-refractivity contribution in [2.24, 2.45) is 5.92 Å². The van der Waals surface area contributed by atoms with Gasteiger partial charge in [-0.15, -0.1) is 0 Å². The molecule has 0 spiro atoms. The molecular weight excluding hydrogens is 230 g/mol. The molecule has 0 aromatic carbocycles. The molecule has 0 radical (unpaired) electrons. The fourth-order valence-electron chi connectivity index (χ4n) is 3.00. The largest absolute Gasteiger partial charge is 0.444 e. The Morgan fingerprint density at radius 2 is 2.50 bits per heavy atom. The predicted molar refractivity (Wildman–Crippen MR) is 65.8 cm³/mol. The van der Waals surface area contributed by atoms with E-state index < -0.39 is 0 Å². The van der Waals surface area contributed by atoms with Gasteiger partial charge in [-0.1, -0.05) is 6.92 Å². The molecule has 2 aliphatic heterocycles. The number of hydrogen-bond donors (Lipinski definition) is 2. The first-order chi connectivity index (χ1) is 8.76. The van der Waals surface area contributed by atoms with Gasteiger partial charge in [-0.3, -0.25) is 4.79 Å². The summed E-state index contributed by atoms with van der Waals surface area (Å²) in [5, 5.41) is 6.40. The summed E-state index contributed by atoms with van der Waals surface area (Å²) < 4.78 is 5.47. The van der Waals surface area contributed by atoms with Gasteiger partial charge in [0.05, 0.1) is 18.7 Å². The first-order valence-electron chi connectivity index (χ1n) is 6.73. The molecule has 1 aromatic rings. The molecule has 2 bridgehead atoms. The van der Waals surface area contributed by atoms with E-state index in [-0.39, 0.29) is 11.8 Å². The van der Waals surface area contributed by atoms with Crippen molar-refractivity contribution in [1.82, 2.24) is 15.6 Å². The fraction of sp³-hybridized carbons (Fsp3) is 0.692. The number of nitrogens with zero attached hydrogens (tertiary/aromatic N) is 1. The second-order valence-electron chi connectivity index (χ2n) is 5.18. The summed E-state index contributed by atoms with van der Waals surface area (Å²) in [4.78, 5) is 16.2. The van der Waals surface area contributed by atoms with Crippen molar-refractivity contribution in [2.45, 2.75) is 51.2 Å². The Kier molecular flexibility index (Phi) is 3.07. The van der Waals surface area contributed by atoms with Crippen molar-refractivity contribution >= 4 is 5.91 Å². The molecule has 1 aromatic heterocycles. The first-order valence-corrected chi connectivity index (χ1v) is 6.73. The van der Waals surface area contributed by atoms with Crippen LogP contribution in [0.1, 0.15) is 37.8 Å². The SMILES string of the molecule is CCc1cnc(CNC(=O)C2CC3CCC2N3)o1. The molecule has 18 heavy (non-hydrogen) atoms. The minimum atomic E-state index is 0.129. The lowest BCUT2D eigenvalue weighted by Gasteiger charge is -2.18. The highest BCUT2D eigenvalue weighted by Crippen LogP contribution is 2.33. The zero-order chi connectivity index (χ0) is 12.5. The van der Waals surface area contributed by atoms with Crippen molar-refractivity contribution in [3.63, 3.8) is 0 Å². The number of oxazole rings is 1. The van der Waals surface area contributed by atoms with E-state index in [0.717, 1.165) is 25.0 Å². The second kappa shape index (κ2) is 4.72. The summed E-state index contributed by atoms with van der Waals surface area (Å²) in [7, 11) is 0. The summed E-state index contributed by atoms with van der Waals surface area (Å²) in [6, 6.07) is 0.935. The van der Waals surface area contributed by atoms with Crippen molar-refractivity contribution in [1.29, 1.82) is 0 Å². The van der Waals surface area contributed by atoms with Crippen LogP contribution in [-0.2, 0) is 17.8 Å². The normalized spacial score (nSPS) is 29.7. The van der Waals surface area contributed by atoms with E-state index in [9.17, 15) is 4.79 Å². The molecule has 0 aliphatic carbocycles. The van der Waals surface area contributed by atoms with Gasteiger partial charge in [0.2, 0.25) is 11.8 Å². The molecule has 1 amide bonds. The zero-order valence-electron chi connectivity index (χ0n) is 10.6. The summed E-state index contributed by atoms with van der Waals surface area (Å²) in [5.41, 5.74) is 0. The van der Waals surface area contributed by atoms with Crippen molar-refractivity contribution in [3.8, 4) is 0 Å². The Morgan fingerprint density at radius 3 is 3.11 bits per heavy atom. The predicted octanol–water partition coefficient (Wildman–Crippen LogP) is 0.994. The third-order valence-corrected chi connectivity index (χ3v) is 4.00. The number of carbonyl (C=O) groups is 1. The quantitative estimate of drug-likeness (QED) is 0.835. The van der Waals surface area contributed by atoms with Gasteiger partial charge in [0.25, 0.3) is 0 Å². The maximum atomic E-state index is 12.1. The number of hydrogen-bond acceptors (Lipinski definition) is 4. The Hall–Kier alpha value is -1.36. The average Bonchev–Trinajstić information content (AvgIpc) is 3.11. The van der Waals surface area contributed by atoms with Gasteiger partial charge >= 0.3 is 0 Å². The zero-order valence-corrected chi connectivity index (χ0v) is 10.6. The average molecular weight is 249 g/mol. The molecule has 5 heteroatoms. The van der Waals surface area contributed by atoms with Gasteiger partial charge in [0.1, 0.15) is 5.76 Å². The molecule has 2 N–H and O–H groups in total. The Labute approximate surface area is 106 Å². The molecule has 3 rings (SSSR count). The van der Waals surface area contributed by atoms with Gasteiger partial charge in [0.15, 0.2) is 0 Å². The van der Waals surface area contributed by atoms with Crippen LogP contribution in [0.2, 0.25) is 0 Å². The molecule has 3 atom stereocenters. The van der Waals surface area contributed by atoms with Crippen LogP contribution < -0.4 is 10.6 Å². The monoisotopic (exact) mass is 249 g/mol. The maximum absolute atomic E-state index is 12.1. The summed E-state index contributed by atoms with van der Waals surface area (Å²) in [5.74, 6) is 1.72. The Morgan fingerprint density at radius 1 is 1.61 bits per heavy atom. The van der Waals surface area contributed by atoms with Gasteiger partial charge < -0.3 is 15.1 Å². The molecule has 0 saturated carbocycles. The standard InChI is InChI=1S/C13H19N3O2/c1-2-9-6-14-12(18-9)7-15-13(17)10-5-8-3-4-11(10)16-8/h6,8,10-11,16H,2-5,7H2,1H3,(H,15,17). The third-order valence-electron chi connectivity index (χ3n) is 4.00. The Balaban J connectivity index is 1.52. The fourth-order valence-corrected chi connectivity index (χ4v) is 3.00. The minimum absolute atomic E-state index is 0.129. The van der Waals surface area contributed by atoms with E-state index in [1.54, 1.807) is 6.20 Å². The number of fused-ring (bicyclic) bond motifs is 2. The molecule has 2 aliphatic rings. The molecule has 2 saturated heterocycles. The molecule has 98 valence electrons. The lowest BCUT2D eigenvalue weighted by atomic mass is 9.88. The summed E-state index contributed by atoms with van der Waals surface area (Å²) in [6.45, 7) is 2.41. The van der Waals surface area contributed by atoms with Crippen LogP contribution in [0.5, 0.6) is 0 Å². The molecule has 2 fully saturated rings. The van der Waals surface area contributed by atoms with E-state index in [1.165, 1.54) is 6.42 Å². The van der Waals surface area contributed by atoms with Gasteiger partial charge in [0, 0.05) is 18.5 Å². The van der Waals surface area contributed by atoms with Crippen LogP contribution in [-0.4, -0.2) is 23.0 Å². The van der Waals surface area contributed by atoms with Crippen molar-refractivity contribution < 1.29 is 9.21 Å². The summed E-state index contributed by atoms with van der Waals surface area (Å²) >= 11 is 0. The van der Waals surface area contributed by atoms with Gasteiger partial charge in [-0.05, 0) is 19.3 Å². The van der Waals surface area contributed by atoms with Crippen molar-refractivity contribution in [3.05, 3.63) is 17.8 Å². The number of aryl methyl sites for hydroxylation is 1. The van der Waals surface area contributed by atoms with E-state index in [1.807, 2.05) is 6.92 Å². The molecule has 3 unspecified atom stereocenters. The second-order valence-corrected chi connectivity index (χ2v) is 5.18. The van der Waals surface area contributed by atoms with Gasteiger partial charge in [-0.2, -0.15) is 0 Å². The van der Waals surface area contributed by atoms with Crippen molar-refractivity contribution in [2.75, 3.05) is 0 Å². The number of nitrogens with one attached hydrogen (secondary N) is 2. The maximum Gasteiger partial charge on any atom is 0.225 e. The van der Waals surface area contributed by atoms with Crippen LogP contribution in [0.4, 0.5) is 0 Å². The summed E-state index contributed by atoms with van der Waals surface area (Å²) in [6.07, 6.45) is 5.87. The van der Waals surface area contributed by atoms with Crippen LogP contribution in [0.15, 0.2) is 10.6 Å². The molecular formula is C13H19N3O2. The highest BCUT2D eigenvalue weighted by molar-refractivity contribution is 5.80. The highest BCUT2D eigenvalue weighted by Gasteiger charge is 2.42. The Bertz CT molecular complexity index is 443. The molecule has 5 nitrogen and oxygen atoms in total. The van der Waals surface area contributed by atoms with Gasteiger partial charge in [-0.25, -0.2) is 4.98 Å². The van der Waals surface area contributed by atoms with E-state index in [4.69, 9.17) is 4.42 Å². The van der Waals surface area contributed by atoms with Crippen LogP contribution in [0.25, 0.3) is 0 Å². The number of rotatable bonds is 4. The van der Waals surface area contributed by atoms with Crippen LogP contribution in [0, 0.1) is 5.92 Å². The number of carbonyl (C=O) groups excluding carboxylic acids is 1. The topological polar surface area (TPSA) is 67.2 Å².